The predicted molar refractivity (Wildman–Crippen MR) is 169 cm³/mol. The first-order valence-electron chi connectivity index (χ1n) is 14.7. The molecule has 0 radical (unpaired) electrons. The molecule has 4 aromatic rings. The number of nitrogens with zero attached hydrogens (tertiary/aromatic N) is 2. The number of nitrogens with one attached hydrogen (secondary N) is 3. The number of aromatic amines is 1. The Balaban J connectivity index is 1.32. The van der Waals surface area contributed by atoms with Crippen molar-refractivity contribution in [2.24, 2.45) is 0 Å². The number of ether oxygens (including phenoxy) is 2. The quantitative estimate of drug-likeness (QED) is 0.226. The molecule has 0 aliphatic carbocycles. The second-order valence-electron chi connectivity index (χ2n) is 11.1. The molecule has 2 heterocycles. The number of aromatic nitrogens is 1. The van der Waals surface area contributed by atoms with Gasteiger partial charge >= 0.3 is 0 Å². The number of carbonyl (C=O) groups excluding carboxylic acids is 4. The van der Waals surface area contributed by atoms with Crippen molar-refractivity contribution in [2.45, 2.75) is 31.5 Å². The van der Waals surface area contributed by atoms with E-state index < -0.39 is 18.0 Å². The van der Waals surface area contributed by atoms with Crippen LogP contribution in [0.15, 0.2) is 79.0 Å². The van der Waals surface area contributed by atoms with Gasteiger partial charge < -0.3 is 34.9 Å². The average Bonchev–Trinajstić information content (AvgIpc) is 3.45. The Morgan fingerprint density at radius 3 is 2.47 bits per heavy atom. The monoisotopic (exact) mass is 611 g/mol. The fourth-order valence-electron chi connectivity index (χ4n) is 5.63. The molecule has 1 aromatic heterocycles. The van der Waals surface area contributed by atoms with Crippen molar-refractivity contribution in [2.75, 3.05) is 34.4 Å². The Kier molecular flexibility index (Phi) is 9.67. The van der Waals surface area contributed by atoms with Crippen LogP contribution in [0.2, 0.25) is 0 Å². The lowest BCUT2D eigenvalue weighted by atomic mass is 10.0. The second-order valence-corrected chi connectivity index (χ2v) is 11.1. The molecule has 1 aliphatic rings. The number of H-pyrrole nitrogens is 1. The van der Waals surface area contributed by atoms with E-state index >= 15 is 0 Å². The molecule has 45 heavy (non-hydrogen) atoms. The predicted octanol–water partition coefficient (Wildman–Crippen LogP) is 2.44. The van der Waals surface area contributed by atoms with Crippen molar-refractivity contribution in [3.63, 3.8) is 0 Å². The molecule has 11 heteroatoms. The summed E-state index contributed by atoms with van der Waals surface area (Å²) in [4.78, 5) is 59.1. The van der Waals surface area contributed by atoms with Gasteiger partial charge in [-0.15, -0.1) is 0 Å². The van der Waals surface area contributed by atoms with Gasteiger partial charge in [-0.05, 0) is 34.9 Å². The number of amides is 4. The van der Waals surface area contributed by atoms with Crippen molar-refractivity contribution < 1.29 is 28.7 Å². The summed E-state index contributed by atoms with van der Waals surface area (Å²) in [6.07, 6.45) is 2.36. The highest BCUT2D eigenvalue weighted by Crippen LogP contribution is 2.28. The summed E-state index contributed by atoms with van der Waals surface area (Å²) >= 11 is 0. The molecule has 0 bridgehead atoms. The molecular weight excluding hydrogens is 574 g/mol. The molecule has 1 saturated heterocycles. The highest BCUT2D eigenvalue weighted by atomic mass is 16.5. The fraction of sp³-hybridized carbons (Fsp3) is 0.294. The summed E-state index contributed by atoms with van der Waals surface area (Å²) in [6.45, 7) is -0.336. The molecule has 1 fully saturated rings. The van der Waals surface area contributed by atoms with Crippen LogP contribution in [-0.4, -0.2) is 84.9 Å². The van der Waals surface area contributed by atoms with E-state index in [2.05, 4.69) is 15.6 Å². The molecule has 4 amide bonds. The van der Waals surface area contributed by atoms with E-state index in [-0.39, 0.29) is 43.8 Å². The SMILES string of the molecule is COc1ccc(CN(C)C(=O)C(Cc2c[nH]c3ccccc23)NC(=O)CN2CC(=O)NC(Cc3ccccc3)C2=O)cc1OC. The van der Waals surface area contributed by atoms with Crippen LogP contribution in [-0.2, 0) is 38.6 Å². The number of benzene rings is 3. The minimum Gasteiger partial charge on any atom is -0.493 e. The van der Waals surface area contributed by atoms with Crippen LogP contribution in [0.25, 0.3) is 10.9 Å². The molecule has 11 nitrogen and oxygen atoms in total. The first-order chi connectivity index (χ1) is 21.7. The van der Waals surface area contributed by atoms with E-state index in [0.717, 1.165) is 27.6 Å². The van der Waals surface area contributed by atoms with Crippen molar-refractivity contribution >= 4 is 34.5 Å². The highest BCUT2D eigenvalue weighted by molar-refractivity contribution is 5.98. The van der Waals surface area contributed by atoms with Crippen molar-refractivity contribution in [1.82, 2.24) is 25.4 Å². The van der Waals surface area contributed by atoms with Gasteiger partial charge in [0.05, 0.1) is 14.2 Å². The van der Waals surface area contributed by atoms with Gasteiger partial charge in [-0.25, -0.2) is 0 Å². The van der Waals surface area contributed by atoms with Crippen LogP contribution in [0.1, 0.15) is 16.7 Å². The van der Waals surface area contributed by atoms with Crippen LogP contribution in [0.4, 0.5) is 0 Å². The number of hydrogen-bond donors (Lipinski definition) is 3. The Morgan fingerprint density at radius 2 is 1.71 bits per heavy atom. The van der Waals surface area contributed by atoms with Crippen LogP contribution < -0.4 is 20.1 Å². The van der Waals surface area contributed by atoms with Gasteiger partial charge in [0.1, 0.15) is 25.2 Å². The maximum Gasteiger partial charge on any atom is 0.246 e. The molecule has 3 N–H and O–H groups in total. The topological polar surface area (TPSA) is 133 Å². The number of rotatable bonds is 12. The zero-order chi connectivity index (χ0) is 31.9. The van der Waals surface area contributed by atoms with Gasteiger partial charge in [0, 0.05) is 43.5 Å². The van der Waals surface area contributed by atoms with Crippen LogP contribution in [0, 0.1) is 0 Å². The van der Waals surface area contributed by atoms with Crippen LogP contribution in [0.3, 0.4) is 0 Å². The third-order valence-corrected chi connectivity index (χ3v) is 7.87. The van der Waals surface area contributed by atoms with Gasteiger partial charge in [0.15, 0.2) is 11.5 Å². The number of para-hydroxylation sites is 1. The molecular formula is C34H37N5O6. The molecule has 0 saturated carbocycles. The lowest BCUT2D eigenvalue weighted by Gasteiger charge is -2.32. The molecule has 5 rings (SSSR count). The van der Waals surface area contributed by atoms with Crippen LogP contribution in [0.5, 0.6) is 11.5 Å². The highest BCUT2D eigenvalue weighted by Gasteiger charge is 2.34. The molecule has 0 spiro atoms. The number of hydrogen-bond acceptors (Lipinski definition) is 6. The zero-order valence-corrected chi connectivity index (χ0v) is 25.5. The van der Waals surface area contributed by atoms with Gasteiger partial charge in [-0.2, -0.15) is 0 Å². The summed E-state index contributed by atoms with van der Waals surface area (Å²) in [5, 5.41) is 6.54. The third kappa shape index (κ3) is 7.43. The lowest BCUT2D eigenvalue weighted by Crippen LogP contribution is -2.61. The van der Waals surface area contributed by atoms with Gasteiger partial charge in [-0.1, -0.05) is 54.6 Å². The number of likely N-dealkylation sites (N-methyl/N-ethyl adjacent to an activating group) is 1. The van der Waals surface area contributed by atoms with Crippen LogP contribution >= 0.6 is 0 Å². The summed E-state index contributed by atoms with van der Waals surface area (Å²) in [5.41, 5.74) is 3.48. The summed E-state index contributed by atoms with van der Waals surface area (Å²) < 4.78 is 10.7. The Morgan fingerprint density at radius 1 is 0.978 bits per heavy atom. The zero-order valence-electron chi connectivity index (χ0n) is 25.5. The van der Waals surface area contributed by atoms with E-state index in [0.29, 0.717) is 17.9 Å². The first-order valence-corrected chi connectivity index (χ1v) is 14.7. The number of carbonyl (C=O) groups is 4. The summed E-state index contributed by atoms with van der Waals surface area (Å²) in [6, 6.07) is 20.8. The van der Waals surface area contributed by atoms with E-state index in [1.165, 1.54) is 9.80 Å². The van der Waals surface area contributed by atoms with Gasteiger partial charge in [-0.3, -0.25) is 19.2 Å². The average molecular weight is 612 g/mol. The Labute approximate surface area is 261 Å². The van der Waals surface area contributed by atoms with E-state index in [1.54, 1.807) is 33.4 Å². The van der Waals surface area contributed by atoms with E-state index in [4.69, 9.17) is 9.47 Å². The smallest absolute Gasteiger partial charge is 0.246 e. The molecule has 1 aliphatic heterocycles. The minimum atomic E-state index is -0.935. The number of fused-ring (bicyclic) bond motifs is 1. The largest absolute Gasteiger partial charge is 0.493 e. The summed E-state index contributed by atoms with van der Waals surface area (Å²) in [7, 11) is 4.77. The standard InChI is InChI=1S/C34H37N5O6/c1-38(19-23-13-14-29(44-2)30(16-23)45-3)33(42)28(17-24-18-35-26-12-8-7-11-25(24)26)37-32(41)21-39-20-31(40)36-27(34(39)43)15-22-9-5-4-6-10-22/h4-14,16,18,27-28,35H,15,17,19-21H2,1-3H3,(H,36,40)(H,37,41). The van der Waals surface area contributed by atoms with E-state index in [1.807, 2.05) is 66.9 Å². The van der Waals surface area contributed by atoms with Crippen molar-refractivity contribution in [1.29, 1.82) is 0 Å². The number of piperazine rings is 1. The number of methoxy groups -OCH3 is 2. The molecule has 234 valence electrons. The second kappa shape index (κ2) is 14.0. The maximum absolute atomic E-state index is 13.9. The first kappa shape index (κ1) is 31.1. The summed E-state index contributed by atoms with van der Waals surface area (Å²) in [5.74, 6) is -0.419. The van der Waals surface area contributed by atoms with Crippen molar-refractivity contribution in [3.05, 3.63) is 95.7 Å². The van der Waals surface area contributed by atoms with E-state index in [9.17, 15) is 19.2 Å². The normalized spacial score (nSPS) is 15.4. The molecule has 2 unspecified atom stereocenters. The molecule has 3 aromatic carbocycles. The maximum atomic E-state index is 13.9. The van der Waals surface area contributed by atoms with Gasteiger partial charge in [0.25, 0.3) is 0 Å². The minimum absolute atomic E-state index is 0.218. The Hall–Kier alpha value is -5.32. The Bertz CT molecular complexity index is 1690. The third-order valence-electron chi connectivity index (χ3n) is 7.87. The van der Waals surface area contributed by atoms with Gasteiger partial charge in [0.2, 0.25) is 23.6 Å². The van der Waals surface area contributed by atoms with Crippen molar-refractivity contribution in [3.8, 4) is 11.5 Å². The lowest BCUT2D eigenvalue weighted by molar-refractivity contribution is -0.146. The molecule has 2 atom stereocenters. The fourth-order valence-corrected chi connectivity index (χ4v) is 5.63.